The Bertz CT molecular complexity index is 1370. The third kappa shape index (κ3) is 5.94. The molecule has 0 bridgehead atoms. The van der Waals surface area contributed by atoms with E-state index in [0.717, 1.165) is 56.2 Å². The molecule has 0 saturated carbocycles. The maximum Gasteiger partial charge on any atom is 0.339 e. The van der Waals surface area contributed by atoms with Crippen LogP contribution in [0.3, 0.4) is 0 Å². The molecule has 1 saturated heterocycles. The second kappa shape index (κ2) is 11.7. The zero-order valence-electron chi connectivity index (χ0n) is 22.6. The second-order valence-electron chi connectivity index (χ2n) is 9.92. The van der Waals surface area contributed by atoms with Crippen molar-refractivity contribution in [3.05, 3.63) is 83.7 Å². The van der Waals surface area contributed by atoms with Crippen molar-refractivity contribution in [2.24, 2.45) is 0 Å². The number of hydrogen-bond acceptors (Lipinski definition) is 8. The van der Waals surface area contributed by atoms with Gasteiger partial charge in [0.2, 0.25) is 0 Å². The Kier molecular flexibility index (Phi) is 7.90. The number of esters is 1. The highest BCUT2D eigenvalue weighted by Crippen LogP contribution is 2.36. The van der Waals surface area contributed by atoms with Crippen LogP contribution in [-0.2, 0) is 9.53 Å². The monoisotopic (exact) mass is 526 g/mol. The SMILES string of the molecule is COC(=O)c1cnc2c(c1)NC(=O)/C2=C(\Nc1ccc(N(C)CCN2CCN(C)CC2)cc1)c1ccccc1. The number of fused-ring (bicyclic) bond motifs is 1. The Hall–Kier alpha value is -4.21. The lowest BCUT2D eigenvalue weighted by atomic mass is 10.0. The lowest BCUT2D eigenvalue weighted by molar-refractivity contribution is -0.110. The lowest BCUT2D eigenvalue weighted by Crippen LogP contribution is -2.46. The molecule has 1 amide bonds. The van der Waals surface area contributed by atoms with Gasteiger partial charge < -0.3 is 25.2 Å². The van der Waals surface area contributed by atoms with Gasteiger partial charge in [0, 0.05) is 63.9 Å². The van der Waals surface area contributed by atoms with Crippen molar-refractivity contribution in [1.29, 1.82) is 0 Å². The van der Waals surface area contributed by atoms with Gasteiger partial charge in [-0.2, -0.15) is 0 Å². The van der Waals surface area contributed by atoms with Crippen molar-refractivity contribution in [1.82, 2.24) is 14.8 Å². The van der Waals surface area contributed by atoms with Crippen LogP contribution in [0.1, 0.15) is 21.6 Å². The number of ether oxygens (including phenoxy) is 1. The van der Waals surface area contributed by atoms with Crippen molar-refractivity contribution in [3.8, 4) is 0 Å². The zero-order chi connectivity index (χ0) is 27.4. The van der Waals surface area contributed by atoms with Gasteiger partial charge in [0.1, 0.15) is 5.69 Å². The van der Waals surface area contributed by atoms with E-state index in [1.165, 1.54) is 13.3 Å². The van der Waals surface area contributed by atoms with Crippen LogP contribution in [0.4, 0.5) is 17.1 Å². The van der Waals surface area contributed by atoms with Gasteiger partial charge in [-0.15, -0.1) is 0 Å². The minimum absolute atomic E-state index is 0.277. The summed E-state index contributed by atoms with van der Waals surface area (Å²) < 4.78 is 4.80. The Balaban J connectivity index is 1.38. The Morgan fingerprint density at radius 1 is 1.05 bits per heavy atom. The van der Waals surface area contributed by atoms with E-state index in [9.17, 15) is 9.59 Å². The van der Waals surface area contributed by atoms with E-state index in [1.807, 2.05) is 42.5 Å². The maximum absolute atomic E-state index is 13.2. The molecule has 3 heterocycles. The highest BCUT2D eigenvalue weighted by Gasteiger charge is 2.31. The Labute approximate surface area is 229 Å². The summed E-state index contributed by atoms with van der Waals surface area (Å²) in [6.07, 6.45) is 1.43. The third-order valence-corrected chi connectivity index (χ3v) is 7.26. The number of likely N-dealkylation sites (N-methyl/N-ethyl adjacent to an activating group) is 2. The minimum atomic E-state index is -0.507. The molecule has 5 rings (SSSR count). The van der Waals surface area contributed by atoms with Crippen molar-refractivity contribution < 1.29 is 14.3 Å². The average Bonchev–Trinajstić information content (AvgIpc) is 3.30. The van der Waals surface area contributed by atoms with E-state index in [4.69, 9.17) is 4.74 Å². The van der Waals surface area contributed by atoms with E-state index in [-0.39, 0.29) is 11.5 Å². The summed E-state index contributed by atoms with van der Waals surface area (Å²) in [6, 6.07) is 19.5. The second-order valence-corrected chi connectivity index (χ2v) is 9.92. The summed E-state index contributed by atoms with van der Waals surface area (Å²) in [5, 5.41) is 6.32. The predicted octanol–water partition coefficient (Wildman–Crippen LogP) is 3.48. The summed E-state index contributed by atoms with van der Waals surface area (Å²) in [7, 11) is 5.60. The number of piperazine rings is 1. The first kappa shape index (κ1) is 26.4. The lowest BCUT2D eigenvalue weighted by Gasteiger charge is -2.33. The van der Waals surface area contributed by atoms with E-state index >= 15 is 0 Å². The molecule has 0 radical (unpaired) electrons. The van der Waals surface area contributed by atoms with Crippen LogP contribution >= 0.6 is 0 Å². The van der Waals surface area contributed by atoms with Crippen LogP contribution in [0, 0.1) is 0 Å². The maximum atomic E-state index is 13.2. The van der Waals surface area contributed by atoms with Gasteiger partial charge in [-0.05, 0) is 42.9 Å². The minimum Gasteiger partial charge on any atom is -0.465 e. The van der Waals surface area contributed by atoms with Gasteiger partial charge in [0.15, 0.2) is 0 Å². The Morgan fingerprint density at radius 3 is 2.46 bits per heavy atom. The molecule has 2 N–H and O–H groups in total. The number of carbonyl (C=O) groups excluding carboxylic acids is 2. The first-order chi connectivity index (χ1) is 18.9. The number of anilines is 3. The average molecular weight is 527 g/mol. The fraction of sp³-hybridized carbons (Fsp3) is 0.300. The number of aromatic nitrogens is 1. The van der Waals surface area contributed by atoms with E-state index < -0.39 is 5.97 Å². The molecular weight excluding hydrogens is 492 g/mol. The number of benzene rings is 2. The summed E-state index contributed by atoms with van der Waals surface area (Å²) in [5.41, 5.74) is 5.13. The van der Waals surface area contributed by atoms with Crippen LogP contribution < -0.4 is 15.5 Å². The van der Waals surface area contributed by atoms with Crippen LogP contribution in [0.5, 0.6) is 0 Å². The molecule has 2 aromatic carbocycles. The van der Waals surface area contributed by atoms with Crippen LogP contribution in [0.2, 0.25) is 0 Å². The van der Waals surface area contributed by atoms with E-state index in [1.54, 1.807) is 6.07 Å². The zero-order valence-corrected chi connectivity index (χ0v) is 22.6. The topological polar surface area (TPSA) is 90.0 Å². The molecule has 1 fully saturated rings. The smallest absolute Gasteiger partial charge is 0.339 e. The van der Waals surface area contributed by atoms with Gasteiger partial charge >= 0.3 is 5.97 Å². The number of amides is 1. The molecule has 0 spiro atoms. The van der Waals surface area contributed by atoms with Gasteiger partial charge in [0.25, 0.3) is 5.91 Å². The summed E-state index contributed by atoms with van der Waals surface area (Å²) in [5.74, 6) is -0.793. The molecule has 9 nitrogen and oxygen atoms in total. The predicted molar refractivity (Wildman–Crippen MR) is 155 cm³/mol. The molecule has 9 heteroatoms. The number of hydrogen-bond donors (Lipinski definition) is 2. The van der Waals surface area contributed by atoms with E-state index in [0.29, 0.717) is 22.7 Å². The molecule has 2 aliphatic heterocycles. The highest BCUT2D eigenvalue weighted by atomic mass is 16.5. The summed E-state index contributed by atoms with van der Waals surface area (Å²) >= 11 is 0. The van der Waals surface area contributed by atoms with Crippen LogP contribution in [0.25, 0.3) is 11.3 Å². The van der Waals surface area contributed by atoms with E-state index in [2.05, 4.69) is 56.5 Å². The number of nitrogens with zero attached hydrogens (tertiary/aromatic N) is 4. The molecule has 39 heavy (non-hydrogen) atoms. The largest absolute Gasteiger partial charge is 0.465 e. The van der Waals surface area contributed by atoms with Crippen molar-refractivity contribution in [3.63, 3.8) is 0 Å². The number of carbonyl (C=O) groups is 2. The highest BCUT2D eigenvalue weighted by molar-refractivity contribution is 6.37. The number of methoxy groups -OCH3 is 1. The van der Waals surface area contributed by atoms with Crippen molar-refractivity contribution >= 4 is 40.2 Å². The van der Waals surface area contributed by atoms with Gasteiger partial charge in [-0.3, -0.25) is 14.7 Å². The third-order valence-electron chi connectivity index (χ3n) is 7.26. The van der Waals surface area contributed by atoms with Gasteiger partial charge in [-0.1, -0.05) is 30.3 Å². The molecule has 0 unspecified atom stereocenters. The van der Waals surface area contributed by atoms with Crippen molar-refractivity contribution in [2.45, 2.75) is 0 Å². The number of pyridine rings is 1. The molecule has 0 aliphatic carbocycles. The first-order valence-corrected chi connectivity index (χ1v) is 13.1. The van der Waals surface area contributed by atoms with Gasteiger partial charge in [0.05, 0.1) is 29.6 Å². The fourth-order valence-electron chi connectivity index (χ4n) is 4.83. The fourth-order valence-corrected chi connectivity index (χ4v) is 4.83. The molecule has 1 aromatic heterocycles. The number of rotatable bonds is 8. The summed E-state index contributed by atoms with van der Waals surface area (Å²) in [4.78, 5) is 36.7. The Morgan fingerprint density at radius 2 is 1.77 bits per heavy atom. The molecule has 2 aliphatic rings. The van der Waals surface area contributed by atoms with Crippen molar-refractivity contribution in [2.75, 3.05) is 76.0 Å². The molecular formula is C30H34N6O3. The molecule has 0 atom stereocenters. The normalized spacial score (nSPS) is 16.8. The quantitative estimate of drug-likeness (QED) is 0.341. The van der Waals surface area contributed by atoms with Crippen LogP contribution in [-0.4, -0.2) is 87.1 Å². The molecule has 202 valence electrons. The first-order valence-electron chi connectivity index (χ1n) is 13.1. The standard InChI is InChI=1S/C30H34N6O3/c1-34-13-16-36(17-14-34)18-15-35(2)24-11-9-23(10-12-24)32-27(21-7-5-4-6-8-21)26-28-25(33-29(26)37)19-22(20-31-28)30(38)39-3/h4-12,19-20,32H,13-18H2,1-3H3,(H,33,37)/b27-26-. The molecule has 3 aromatic rings. The van der Waals surface area contributed by atoms with Gasteiger partial charge in [-0.25, -0.2) is 4.79 Å². The summed E-state index contributed by atoms with van der Waals surface area (Å²) in [6.45, 7) is 6.45. The van der Waals surface area contributed by atoms with Crippen LogP contribution in [0.15, 0.2) is 66.9 Å². The number of nitrogens with one attached hydrogen (secondary N) is 2.